The predicted octanol–water partition coefficient (Wildman–Crippen LogP) is 4.50. The summed E-state index contributed by atoms with van der Waals surface area (Å²) in [5, 5.41) is 32.1. The summed E-state index contributed by atoms with van der Waals surface area (Å²) in [5.74, 6) is -0.297. The second-order valence-electron chi connectivity index (χ2n) is 8.09. The van der Waals surface area contributed by atoms with Crippen LogP contribution in [-0.2, 0) is 11.2 Å². The Morgan fingerprint density at radius 1 is 1.31 bits per heavy atom. The zero-order chi connectivity index (χ0) is 22.8. The van der Waals surface area contributed by atoms with E-state index >= 15 is 0 Å². The number of rotatable bonds is 7. The van der Waals surface area contributed by atoms with Gasteiger partial charge in [-0.05, 0) is 68.5 Å². The summed E-state index contributed by atoms with van der Waals surface area (Å²) < 4.78 is 5.71. The summed E-state index contributed by atoms with van der Waals surface area (Å²) in [4.78, 5) is 11.0. The molecule has 7 nitrogen and oxygen atoms in total. The number of carbonyl (C=O) groups is 1. The van der Waals surface area contributed by atoms with Crippen molar-refractivity contribution in [3.8, 4) is 33.0 Å². The van der Waals surface area contributed by atoms with E-state index < -0.39 is 5.97 Å². The molecule has 0 radical (unpaired) electrons. The second-order valence-corrected chi connectivity index (χ2v) is 9.07. The molecule has 0 saturated heterocycles. The van der Waals surface area contributed by atoms with Gasteiger partial charge in [0.15, 0.2) is 0 Å². The van der Waals surface area contributed by atoms with Crippen LogP contribution in [0, 0.1) is 18.3 Å². The molecule has 2 aromatic carbocycles. The van der Waals surface area contributed by atoms with E-state index in [9.17, 15) is 10.1 Å². The van der Waals surface area contributed by atoms with Crippen LogP contribution in [0.2, 0.25) is 0 Å². The van der Waals surface area contributed by atoms with Crippen LogP contribution in [0.4, 0.5) is 0 Å². The van der Waals surface area contributed by atoms with Gasteiger partial charge in [-0.1, -0.05) is 23.5 Å². The molecule has 0 saturated carbocycles. The van der Waals surface area contributed by atoms with Gasteiger partial charge in [0.25, 0.3) is 0 Å². The highest BCUT2D eigenvalue weighted by atomic mass is 32.1. The van der Waals surface area contributed by atoms with Crippen molar-refractivity contribution in [3.63, 3.8) is 0 Å². The topological polar surface area (TPSA) is 108 Å². The molecule has 2 N–H and O–H groups in total. The average molecular weight is 449 g/mol. The molecule has 1 aromatic heterocycles. The molecule has 0 bridgehead atoms. The van der Waals surface area contributed by atoms with Gasteiger partial charge in [0, 0.05) is 17.2 Å². The number of hydrogen-bond donors (Lipinski definition) is 2. The van der Waals surface area contributed by atoms with Crippen molar-refractivity contribution in [2.45, 2.75) is 45.8 Å². The highest BCUT2D eigenvalue weighted by Crippen LogP contribution is 2.41. The third-order valence-electron chi connectivity index (χ3n) is 5.46. The van der Waals surface area contributed by atoms with Gasteiger partial charge in [-0.25, -0.2) is 0 Å². The van der Waals surface area contributed by atoms with E-state index in [0.29, 0.717) is 11.3 Å². The van der Waals surface area contributed by atoms with Crippen molar-refractivity contribution >= 4 is 17.3 Å². The first kappa shape index (κ1) is 21.9. The third-order valence-corrected chi connectivity index (χ3v) is 6.45. The minimum absolute atomic E-state index is 0.0157. The minimum atomic E-state index is -0.860. The monoisotopic (exact) mass is 448 g/mol. The van der Waals surface area contributed by atoms with Gasteiger partial charge in [0.05, 0.1) is 18.2 Å². The Balaban J connectivity index is 1.67. The normalized spacial score (nSPS) is 14.9. The van der Waals surface area contributed by atoms with Gasteiger partial charge in [-0.2, -0.15) is 5.26 Å². The molecule has 8 heteroatoms. The maximum absolute atomic E-state index is 11.0. The fourth-order valence-electron chi connectivity index (χ4n) is 4.09. The summed E-state index contributed by atoms with van der Waals surface area (Å²) in [7, 11) is 0. The van der Waals surface area contributed by atoms with Gasteiger partial charge in [-0.15, -0.1) is 10.2 Å². The fourth-order valence-corrected chi connectivity index (χ4v) is 5.07. The number of carboxylic acids is 1. The van der Waals surface area contributed by atoms with Gasteiger partial charge < -0.3 is 15.2 Å². The van der Waals surface area contributed by atoms with E-state index in [1.165, 1.54) is 16.9 Å². The SMILES string of the molecule is Cc1ccc2c(c1-c1nnc(-c3ccc(OC(C)C)c(C#N)c3)s1)CCC2NCC(=O)O. The zero-order valence-electron chi connectivity index (χ0n) is 18.2. The number of fused-ring (bicyclic) bond motifs is 1. The number of carboxylic acid groups (broad SMARTS) is 1. The van der Waals surface area contributed by atoms with Crippen molar-refractivity contribution in [3.05, 3.63) is 52.6 Å². The molecule has 1 heterocycles. The number of aliphatic carboxylic acids is 1. The van der Waals surface area contributed by atoms with Crippen LogP contribution in [-0.4, -0.2) is 33.9 Å². The third kappa shape index (κ3) is 4.35. The predicted molar refractivity (Wildman–Crippen MR) is 123 cm³/mol. The molecular formula is C24H24N4O3S. The van der Waals surface area contributed by atoms with Crippen LogP contribution >= 0.6 is 11.3 Å². The lowest BCUT2D eigenvalue weighted by Crippen LogP contribution is -2.26. The Morgan fingerprint density at radius 2 is 2.09 bits per heavy atom. The number of benzene rings is 2. The van der Waals surface area contributed by atoms with Crippen molar-refractivity contribution < 1.29 is 14.6 Å². The van der Waals surface area contributed by atoms with Gasteiger partial charge in [0.2, 0.25) is 0 Å². The molecule has 4 rings (SSSR count). The maximum atomic E-state index is 11.0. The summed E-state index contributed by atoms with van der Waals surface area (Å²) in [6.07, 6.45) is 1.70. The first-order valence-corrected chi connectivity index (χ1v) is 11.3. The van der Waals surface area contributed by atoms with E-state index in [1.54, 1.807) is 12.1 Å². The molecule has 1 unspecified atom stereocenters. The highest BCUT2D eigenvalue weighted by Gasteiger charge is 2.27. The van der Waals surface area contributed by atoms with Crippen LogP contribution in [0.25, 0.3) is 21.1 Å². The lowest BCUT2D eigenvalue weighted by Gasteiger charge is -2.14. The second kappa shape index (κ2) is 9.07. The molecule has 0 aliphatic heterocycles. The molecule has 164 valence electrons. The van der Waals surface area contributed by atoms with Gasteiger partial charge in [0.1, 0.15) is 21.8 Å². The summed E-state index contributed by atoms with van der Waals surface area (Å²) in [6, 6.07) is 11.9. The van der Waals surface area contributed by atoms with Crippen molar-refractivity contribution in [2.75, 3.05) is 6.54 Å². The molecule has 1 aliphatic rings. The number of nitriles is 1. The number of aromatic nitrogens is 2. The lowest BCUT2D eigenvalue weighted by molar-refractivity contribution is -0.136. The van der Waals surface area contributed by atoms with E-state index in [-0.39, 0.29) is 18.7 Å². The quantitative estimate of drug-likeness (QED) is 0.548. The van der Waals surface area contributed by atoms with E-state index in [4.69, 9.17) is 9.84 Å². The van der Waals surface area contributed by atoms with Gasteiger partial charge in [-0.3, -0.25) is 4.79 Å². The first-order valence-electron chi connectivity index (χ1n) is 10.5. The molecule has 32 heavy (non-hydrogen) atoms. The Hall–Kier alpha value is -3.28. The smallest absolute Gasteiger partial charge is 0.317 e. The average Bonchev–Trinajstić information content (AvgIpc) is 3.39. The highest BCUT2D eigenvalue weighted by molar-refractivity contribution is 7.18. The summed E-state index contributed by atoms with van der Waals surface area (Å²) in [6.45, 7) is 5.84. The standard InChI is InChI=1S/C24H24N4O3S/c1-13(2)31-20-9-5-15(10-16(20)11-25)23-27-28-24(32-23)22-14(3)4-6-17-18(22)7-8-19(17)26-12-21(29)30/h4-6,9-10,13,19,26H,7-8,12H2,1-3H3,(H,29,30). The van der Waals surface area contributed by atoms with Crippen LogP contribution in [0.15, 0.2) is 30.3 Å². The molecule has 0 spiro atoms. The molecule has 0 fully saturated rings. The molecule has 1 aliphatic carbocycles. The molecule has 1 atom stereocenters. The number of hydrogen-bond acceptors (Lipinski definition) is 7. The zero-order valence-corrected chi connectivity index (χ0v) is 19.0. The number of aryl methyl sites for hydroxylation is 1. The van der Waals surface area contributed by atoms with E-state index in [2.05, 4.69) is 40.6 Å². The molecular weight excluding hydrogens is 424 g/mol. The van der Waals surface area contributed by atoms with Crippen LogP contribution < -0.4 is 10.1 Å². The molecule has 3 aromatic rings. The summed E-state index contributed by atoms with van der Waals surface area (Å²) in [5.41, 5.74) is 5.82. The van der Waals surface area contributed by atoms with Gasteiger partial charge >= 0.3 is 5.97 Å². The van der Waals surface area contributed by atoms with Crippen LogP contribution in [0.3, 0.4) is 0 Å². The largest absolute Gasteiger partial charge is 0.490 e. The Kier molecular flexibility index (Phi) is 6.21. The van der Waals surface area contributed by atoms with Crippen molar-refractivity contribution in [1.29, 1.82) is 5.26 Å². The van der Waals surface area contributed by atoms with Crippen molar-refractivity contribution in [1.82, 2.24) is 15.5 Å². The maximum Gasteiger partial charge on any atom is 0.317 e. The molecule has 0 amide bonds. The van der Waals surface area contributed by atoms with E-state index in [1.807, 2.05) is 19.9 Å². The van der Waals surface area contributed by atoms with Crippen LogP contribution in [0.5, 0.6) is 5.75 Å². The lowest BCUT2D eigenvalue weighted by atomic mass is 9.98. The number of ether oxygens (including phenoxy) is 1. The minimum Gasteiger partial charge on any atom is -0.490 e. The number of nitrogens with zero attached hydrogens (tertiary/aromatic N) is 3. The fraction of sp³-hybridized carbons (Fsp3) is 0.333. The first-order chi connectivity index (χ1) is 15.4. The Labute approximate surface area is 190 Å². The number of nitrogens with one attached hydrogen (secondary N) is 1. The Bertz CT molecular complexity index is 1210. The van der Waals surface area contributed by atoms with Crippen molar-refractivity contribution in [2.24, 2.45) is 0 Å². The Morgan fingerprint density at radius 3 is 2.81 bits per heavy atom. The van der Waals surface area contributed by atoms with Crippen LogP contribution in [0.1, 0.15) is 48.6 Å². The van der Waals surface area contributed by atoms with E-state index in [0.717, 1.165) is 45.1 Å². The summed E-state index contributed by atoms with van der Waals surface area (Å²) >= 11 is 1.49.